The number of carbonyl (C=O) groups is 2. The average molecular weight is 410 g/mol. The minimum atomic E-state index is -0.0722. The summed E-state index contributed by atoms with van der Waals surface area (Å²) in [5.41, 5.74) is 1.94. The first-order chi connectivity index (χ1) is 14.6. The highest BCUT2D eigenvalue weighted by Gasteiger charge is 2.29. The van der Waals surface area contributed by atoms with Gasteiger partial charge >= 0.3 is 0 Å². The number of piperazine rings is 1. The number of nitrogens with one attached hydrogen (secondary N) is 1. The molecule has 30 heavy (non-hydrogen) atoms. The molecule has 7 heteroatoms. The molecule has 2 aliphatic rings. The number of nitrogens with zero attached hydrogens (tertiary/aromatic N) is 2. The molecule has 0 radical (unpaired) electrons. The van der Waals surface area contributed by atoms with E-state index in [0.29, 0.717) is 31.1 Å². The fraction of sp³-hybridized carbons (Fsp3) is 0.391. The molecule has 2 amide bonds. The van der Waals surface area contributed by atoms with E-state index >= 15 is 0 Å². The van der Waals surface area contributed by atoms with E-state index in [4.69, 9.17) is 9.47 Å². The number of para-hydroxylation sites is 2. The zero-order valence-corrected chi connectivity index (χ0v) is 17.3. The van der Waals surface area contributed by atoms with Gasteiger partial charge in [-0.05, 0) is 36.4 Å². The molecule has 1 saturated heterocycles. The molecule has 158 valence electrons. The lowest BCUT2D eigenvalue weighted by atomic mass is 10.2. The maximum atomic E-state index is 12.9. The summed E-state index contributed by atoms with van der Waals surface area (Å²) in [5.74, 6) is 1.43. The smallest absolute Gasteiger partial charge is 0.243 e. The van der Waals surface area contributed by atoms with Gasteiger partial charge in [-0.1, -0.05) is 12.1 Å². The van der Waals surface area contributed by atoms with Crippen LogP contribution in [0.3, 0.4) is 0 Å². The quantitative estimate of drug-likeness (QED) is 0.790. The van der Waals surface area contributed by atoms with E-state index in [9.17, 15) is 9.59 Å². The van der Waals surface area contributed by atoms with Crippen LogP contribution >= 0.6 is 0 Å². The number of anilines is 1. The fourth-order valence-electron chi connectivity index (χ4n) is 4.01. The number of quaternary nitrogens is 1. The zero-order valence-electron chi connectivity index (χ0n) is 17.3. The van der Waals surface area contributed by atoms with E-state index in [-0.39, 0.29) is 24.8 Å². The van der Waals surface area contributed by atoms with Gasteiger partial charge in [-0.3, -0.25) is 14.5 Å². The summed E-state index contributed by atoms with van der Waals surface area (Å²) >= 11 is 0. The first-order valence-corrected chi connectivity index (χ1v) is 10.4. The predicted octanol–water partition coefficient (Wildman–Crippen LogP) is 0.738. The minimum absolute atomic E-state index is 0.0106. The molecular weight excluding hydrogens is 382 g/mol. The minimum Gasteiger partial charge on any atom is -0.497 e. The number of hydrogen-bond acceptors (Lipinski definition) is 4. The van der Waals surface area contributed by atoms with Gasteiger partial charge in [0.15, 0.2) is 0 Å². The van der Waals surface area contributed by atoms with Gasteiger partial charge in [-0.25, -0.2) is 0 Å². The molecule has 0 aromatic heterocycles. The van der Waals surface area contributed by atoms with Crippen molar-refractivity contribution in [3.63, 3.8) is 0 Å². The number of methoxy groups -OCH3 is 1. The molecule has 1 fully saturated rings. The zero-order chi connectivity index (χ0) is 20.9. The van der Waals surface area contributed by atoms with Gasteiger partial charge in [-0.2, -0.15) is 0 Å². The van der Waals surface area contributed by atoms with Crippen molar-refractivity contribution in [1.29, 1.82) is 0 Å². The van der Waals surface area contributed by atoms with Crippen molar-refractivity contribution in [3.8, 4) is 11.5 Å². The Balaban J connectivity index is 1.33. The number of hydrogen-bond donors (Lipinski definition) is 1. The number of rotatable bonds is 5. The van der Waals surface area contributed by atoms with Crippen LogP contribution in [0.15, 0.2) is 48.5 Å². The SMILES string of the molecule is COc1ccc(C[NH+]2CCN(C(=O)CN3C(=O)CCOc4ccccc43)CC2)cc1. The van der Waals surface area contributed by atoms with Crippen molar-refractivity contribution in [2.45, 2.75) is 13.0 Å². The Morgan fingerprint density at radius 3 is 2.57 bits per heavy atom. The van der Waals surface area contributed by atoms with Crippen molar-refractivity contribution >= 4 is 17.5 Å². The number of amides is 2. The highest BCUT2D eigenvalue weighted by atomic mass is 16.5. The van der Waals surface area contributed by atoms with Crippen molar-refractivity contribution in [3.05, 3.63) is 54.1 Å². The van der Waals surface area contributed by atoms with Crippen LogP contribution in [-0.4, -0.2) is 63.2 Å². The normalized spacial score (nSPS) is 17.2. The van der Waals surface area contributed by atoms with Crippen LogP contribution in [0, 0.1) is 0 Å². The molecule has 0 aliphatic carbocycles. The van der Waals surface area contributed by atoms with Gasteiger partial charge in [0, 0.05) is 5.56 Å². The number of fused-ring (bicyclic) bond motifs is 1. The first kappa shape index (κ1) is 20.2. The van der Waals surface area contributed by atoms with Crippen LogP contribution in [0.2, 0.25) is 0 Å². The second-order valence-corrected chi connectivity index (χ2v) is 7.70. The summed E-state index contributed by atoms with van der Waals surface area (Å²) in [6, 6.07) is 15.6. The molecule has 0 bridgehead atoms. The third-order valence-corrected chi connectivity index (χ3v) is 5.76. The van der Waals surface area contributed by atoms with Gasteiger partial charge in [0.1, 0.15) is 24.6 Å². The van der Waals surface area contributed by atoms with E-state index in [2.05, 4.69) is 12.1 Å². The number of benzene rings is 2. The van der Waals surface area contributed by atoms with Crippen LogP contribution in [0.1, 0.15) is 12.0 Å². The third kappa shape index (κ3) is 4.57. The van der Waals surface area contributed by atoms with Crippen LogP contribution in [0.4, 0.5) is 5.69 Å². The summed E-state index contributed by atoms with van der Waals surface area (Å²) in [6.07, 6.45) is 0.280. The van der Waals surface area contributed by atoms with Crippen molar-refractivity contribution in [2.24, 2.45) is 0 Å². The van der Waals surface area contributed by atoms with E-state index in [0.717, 1.165) is 25.4 Å². The monoisotopic (exact) mass is 410 g/mol. The number of ether oxygens (including phenoxy) is 2. The van der Waals surface area contributed by atoms with Crippen LogP contribution in [-0.2, 0) is 16.1 Å². The molecule has 0 spiro atoms. The summed E-state index contributed by atoms with van der Waals surface area (Å²) in [6.45, 7) is 4.52. The molecule has 2 aromatic carbocycles. The topological polar surface area (TPSA) is 63.5 Å². The van der Waals surface area contributed by atoms with Crippen LogP contribution in [0.25, 0.3) is 0 Å². The molecule has 2 aromatic rings. The van der Waals surface area contributed by atoms with E-state index < -0.39 is 0 Å². The highest BCUT2D eigenvalue weighted by molar-refractivity contribution is 6.00. The first-order valence-electron chi connectivity index (χ1n) is 10.4. The second kappa shape index (κ2) is 9.17. The molecule has 7 nitrogen and oxygen atoms in total. The van der Waals surface area contributed by atoms with Gasteiger partial charge < -0.3 is 19.3 Å². The summed E-state index contributed by atoms with van der Waals surface area (Å²) in [4.78, 5) is 30.4. The highest BCUT2D eigenvalue weighted by Crippen LogP contribution is 2.30. The Morgan fingerprint density at radius 2 is 1.83 bits per heavy atom. The van der Waals surface area contributed by atoms with Crippen LogP contribution in [0.5, 0.6) is 11.5 Å². The molecule has 2 heterocycles. The van der Waals surface area contributed by atoms with E-state index in [1.807, 2.05) is 41.3 Å². The summed E-state index contributed by atoms with van der Waals surface area (Å²) in [5, 5.41) is 0. The lowest BCUT2D eigenvalue weighted by Crippen LogP contribution is -3.13. The van der Waals surface area contributed by atoms with E-state index in [1.54, 1.807) is 12.0 Å². The average Bonchev–Trinajstić information content (AvgIpc) is 2.93. The second-order valence-electron chi connectivity index (χ2n) is 7.70. The molecule has 0 saturated carbocycles. The fourth-order valence-corrected chi connectivity index (χ4v) is 4.01. The maximum Gasteiger partial charge on any atom is 0.243 e. The Labute approximate surface area is 176 Å². The Bertz CT molecular complexity index is 892. The van der Waals surface area contributed by atoms with Crippen molar-refractivity contribution < 1.29 is 24.0 Å². The Hall–Kier alpha value is -3.06. The van der Waals surface area contributed by atoms with E-state index in [1.165, 1.54) is 10.5 Å². The molecule has 0 atom stereocenters. The third-order valence-electron chi connectivity index (χ3n) is 5.76. The van der Waals surface area contributed by atoms with Crippen molar-refractivity contribution in [2.75, 3.05) is 51.3 Å². The maximum absolute atomic E-state index is 12.9. The lowest BCUT2D eigenvalue weighted by Gasteiger charge is -2.33. The van der Waals surface area contributed by atoms with Crippen LogP contribution < -0.4 is 19.3 Å². The standard InChI is InChI=1S/C23H27N3O4/c1-29-19-8-6-18(7-9-19)16-24-11-13-25(14-12-24)23(28)17-26-20-4-2-3-5-21(20)30-15-10-22(26)27/h2-9H,10-17H2,1H3/p+1. The lowest BCUT2D eigenvalue weighted by molar-refractivity contribution is -0.917. The van der Waals surface area contributed by atoms with Gasteiger partial charge in [-0.15, -0.1) is 0 Å². The summed E-state index contributed by atoms with van der Waals surface area (Å²) < 4.78 is 10.9. The van der Waals surface area contributed by atoms with Gasteiger partial charge in [0.25, 0.3) is 0 Å². The molecule has 0 unspecified atom stereocenters. The number of carbonyl (C=O) groups excluding carboxylic acids is 2. The predicted molar refractivity (Wildman–Crippen MR) is 113 cm³/mol. The van der Waals surface area contributed by atoms with Crippen molar-refractivity contribution in [1.82, 2.24) is 4.90 Å². The molecule has 4 rings (SSSR count). The van der Waals surface area contributed by atoms with Gasteiger partial charge in [0.05, 0.1) is 52.0 Å². The van der Waals surface area contributed by atoms with Gasteiger partial charge in [0.2, 0.25) is 11.8 Å². The Kier molecular flexibility index (Phi) is 6.18. The Morgan fingerprint density at radius 1 is 1.10 bits per heavy atom. The largest absolute Gasteiger partial charge is 0.497 e. The summed E-state index contributed by atoms with van der Waals surface area (Å²) in [7, 11) is 1.67. The molecular formula is C23H28N3O4+. The molecule has 1 N–H and O–H groups in total. The molecule has 2 aliphatic heterocycles.